The fourth-order valence-corrected chi connectivity index (χ4v) is 6.80. The molecule has 1 N–H and O–H groups in total. The van der Waals surface area contributed by atoms with Gasteiger partial charge in [-0.25, -0.2) is 0 Å². The van der Waals surface area contributed by atoms with Gasteiger partial charge < -0.3 is 15.1 Å². The van der Waals surface area contributed by atoms with Crippen molar-refractivity contribution < 1.29 is 9.59 Å². The first-order chi connectivity index (χ1) is 17.6. The Balaban J connectivity index is 1.29. The number of rotatable bonds is 3. The number of nitrogens with one attached hydrogen (secondary N) is 1. The Morgan fingerprint density at radius 1 is 0.917 bits per heavy atom. The Morgan fingerprint density at radius 3 is 2.44 bits per heavy atom. The SMILES string of the molecule is CN1C(=O)c2ccccc2C(C(=O)N2CCN(C3CCCCC3)CC2)C1C1=CNc2ccccc2C1. The summed E-state index contributed by atoms with van der Waals surface area (Å²) in [5.41, 5.74) is 4.89. The molecule has 2 unspecified atom stereocenters. The monoisotopic (exact) mass is 484 g/mol. The van der Waals surface area contributed by atoms with E-state index in [1.165, 1.54) is 37.7 Å². The topological polar surface area (TPSA) is 55.9 Å². The number of benzene rings is 2. The lowest BCUT2D eigenvalue weighted by atomic mass is 9.77. The van der Waals surface area contributed by atoms with Crippen molar-refractivity contribution in [1.82, 2.24) is 14.7 Å². The number of carbonyl (C=O) groups is 2. The number of anilines is 1. The maximum Gasteiger partial charge on any atom is 0.254 e. The lowest BCUT2D eigenvalue weighted by Gasteiger charge is -2.45. The predicted octanol–water partition coefficient (Wildman–Crippen LogP) is 4.25. The van der Waals surface area contributed by atoms with Gasteiger partial charge in [0, 0.05) is 56.7 Å². The van der Waals surface area contributed by atoms with Gasteiger partial charge in [-0.05, 0) is 48.1 Å². The highest BCUT2D eigenvalue weighted by atomic mass is 16.2. The first-order valence-electron chi connectivity index (χ1n) is 13.5. The smallest absolute Gasteiger partial charge is 0.254 e. The zero-order valence-electron chi connectivity index (χ0n) is 21.2. The molecule has 1 saturated carbocycles. The van der Waals surface area contributed by atoms with E-state index in [9.17, 15) is 9.59 Å². The average Bonchev–Trinajstić information content (AvgIpc) is 2.95. The Kier molecular flexibility index (Phi) is 6.30. The van der Waals surface area contributed by atoms with Crippen molar-refractivity contribution in [3.05, 3.63) is 77.0 Å². The average molecular weight is 485 g/mol. The minimum atomic E-state index is -0.400. The molecular weight excluding hydrogens is 448 g/mol. The molecule has 6 heteroatoms. The van der Waals surface area contributed by atoms with Gasteiger partial charge in [0.25, 0.3) is 5.91 Å². The maximum atomic E-state index is 14.3. The van der Waals surface area contributed by atoms with Crippen LogP contribution in [0.25, 0.3) is 0 Å². The van der Waals surface area contributed by atoms with E-state index < -0.39 is 5.92 Å². The molecule has 2 fully saturated rings. The van der Waals surface area contributed by atoms with Gasteiger partial charge in [0.2, 0.25) is 5.91 Å². The highest BCUT2D eigenvalue weighted by Gasteiger charge is 2.45. The first-order valence-corrected chi connectivity index (χ1v) is 13.5. The van der Waals surface area contributed by atoms with Crippen molar-refractivity contribution >= 4 is 17.5 Å². The van der Waals surface area contributed by atoms with Crippen molar-refractivity contribution in [2.24, 2.45) is 0 Å². The molecule has 2 aromatic carbocycles. The third kappa shape index (κ3) is 4.11. The molecule has 2 amide bonds. The largest absolute Gasteiger partial charge is 0.361 e. The molecule has 0 bridgehead atoms. The fourth-order valence-electron chi connectivity index (χ4n) is 6.80. The standard InChI is InChI=1S/C30H36N4O2/c1-32-28(22-19-21-9-5-8-14-26(21)31-20-22)27(24-12-6-7-13-25(24)29(32)35)30(36)34-17-15-33(16-18-34)23-10-3-2-4-11-23/h5-9,12-14,20,23,27-28,31H,2-4,10-11,15-19H2,1H3. The summed E-state index contributed by atoms with van der Waals surface area (Å²) in [5.74, 6) is -0.264. The van der Waals surface area contributed by atoms with Crippen molar-refractivity contribution in [2.75, 3.05) is 38.5 Å². The van der Waals surface area contributed by atoms with E-state index in [0.29, 0.717) is 11.6 Å². The number of hydrogen-bond donors (Lipinski definition) is 1. The highest BCUT2D eigenvalue weighted by molar-refractivity contribution is 6.01. The number of nitrogens with zero attached hydrogens (tertiary/aromatic N) is 3. The maximum absolute atomic E-state index is 14.3. The molecule has 2 aromatic rings. The summed E-state index contributed by atoms with van der Waals surface area (Å²) in [6.07, 6.45) is 9.36. The zero-order chi connectivity index (χ0) is 24.6. The van der Waals surface area contributed by atoms with Crippen molar-refractivity contribution in [2.45, 2.75) is 56.5 Å². The molecule has 4 aliphatic rings. The predicted molar refractivity (Wildman–Crippen MR) is 142 cm³/mol. The van der Waals surface area contributed by atoms with E-state index in [4.69, 9.17) is 0 Å². The number of piperazine rings is 1. The molecule has 1 aliphatic carbocycles. The van der Waals surface area contributed by atoms with Crippen LogP contribution in [0.5, 0.6) is 0 Å². The summed E-state index contributed by atoms with van der Waals surface area (Å²) >= 11 is 0. The number of likely N-dealkylation sites (N-methyl/N-ethyl adjacent to an activating group) is 1. The van der Waals surface area contributed by atoms with Crippen LogP contribution in [0.1, 0.15) is 59.5 Å². The number of fused-ring (bicyclic) bond motifs is 2. The van der Waals surface area contributed by atoms with E-state index in [2.05, 4.69) is 27.2 Å². The minimum Gasteiger partial charge on any atom is -0.361 e. The summed E-state index contributed by atoms with van der Waals surface area (Å²) < 4.78 is 0. The summed E-state index contributed by atoms with van der Waals surface area (Å²) in [7, 11) is 1.85. The Morgan fingerprint density at radius 2 is 1.64 bits per heavy atom. The van der Waals surface area contributed by atoms with Crippen molar-refractivity contribution in [1.29, 1.82) is 0 Å². The Labute approximate surface area is 213 Å². The van der Waals surface area contributed by atoms with Crippen molar-refractivity contribution in [3.63, 3.8) is 0 Å². The minimum absolute atomic E-state index is 0.0125. The lowest BCUT2D eigenvalue weighted by molar-refractivity contribution is -0.136. The van der Waals surface area contributed by atoms with Gasteiger partial charge in [0.1, 0.15) is 0 Å². The van der Waals surface area contributed by atoms with Crippen LogP contribution in [0, 0.1) is 0 Å². The third-order valence-electron chi connectivity index (χ3n) is 8.77. The van der Waals surface area contributed by atoms with Gasteiger partial charge in [-0.3, -0.25) is 14.5 Å². The van der Waals surface area contributed by atoms with Crippen LogP contribution in [-0.4, -0.2) is 71.8 Å². The third-order valence-corrected chi connectivity index (χ3v) is 8.77. The second kappa shape index (κ2) is 9.74. The van der Waals surface area contributed by atoms with Crippen LogP contribution in [0.2, 0.25) is 0 Å². The molecule has 3 heterocycles. The van der Waals surface area contributed by atoms with Gasteiger partial charge in [0.05, 0.1) is 12.0 Å². The number of carbonyl (C=O) groups excluding carboxylic acids is 2. The molecule has 0 spiro atoms. The van der Waals surface area contributed by atoms with Crippen LogP contribution in [0.3, 0.4) is 0 Å². The van der Waals surface area contributed by atoms with E-state index in [-0.39, 0.29) is 17.9 Å². The summed E-state index contributed by atoms with van der Waals surface area (Å²) in [4.78, 5) is 34.2. The van der Waals surface area contributed by atoms with Crippen molar-refractivity contribution in [3.8, 4) is 0 Å². The molecule has 6 rings (SSSR count). The summed E-state index contributed by atoms with van der Waals surface area (Å²) in [6, 6.07) is 16.3. The fraction of sp³-hybridized carbons (Fsp3) is 0.467. The van der Waals surface area contributed by atoms with Crippen LogP contribution in [0.15, 0.2) is 60.3 Å². The molecular formula is C30H36N4O2. The summed E-state index contributed by atoms with van der Waals surface area (Å²) in [6.45, 7) is 3.42. The first kappa shape index (κ1) is 23.3. The second-order valence-corrected chi connectivity index (χ2v) is 10.8. The van der Waals surface area contributed by atoms with E-state index in [1.54, 1.807) is 4.90 Å². The lowest BCUT2D eigenvalue weighted by Crippen LogP contribution is -2.57. The molecule has 0 aromatic heterocycles. The van der Waals surface area contributed by atoms with Gasteiger partial charge in [-0.1, -0.05) is 55.7 Å². The van der Waals surface area contributed by atoms with Crippen LogP contribution in [-0.2, 0) is 11.2 Å². The normalized spacial score (nSPS) is 25.0. The van der Waals surface area contributed by atoms with E-state index in [0.717, 1.165) is 49.4 Å². The molecule has 0 radical (unpaired) electrons. The van der Waals surface area contributed by atoms with Crippen LogP contribution >= 0.6 is 0 Å². The quantitative estimate of drug-likeness (QED) is 0.708. The summed E-state index contributed by atoms with van der Waals surface area (Å²) in [5, 5.41) is 3.42. The van der Waals surface area contributed by atoms with Gasteiger partial charge in [0.15, 0.2) is 0 Å². The molecule has 188 valence electrons. The van der Waals surface area contributed by atoms with Crippen LogP contribution < -0.4 is 5.32 Å². The van der Waals surface area contributed by atoms with E-state index >= 15 is 0 Å². The second-order valence-electron chi connectivity index (χ2n) is 10.8. The molecule has 3 aliphatic heterocycles. The molecule has 36 heavy (non-hydrogen) atoms. The van der Waals surface area contributed by atoms with E-state index in [1.807, 2.05) is 49.6 Å². The number of hydrogen-bond acceptors (Lipinski definition) is 4. The zero-order valence-corrected chi connectivity index (χ0v) is 21.2. The number of amides is 2. The van der Waals surface area contributed by atoms with Gasteiger partial charge in [-0.2, -0.15) is 0 Å². The molecule has 2 atom stereocenters. The molecule has 1 saturated heterocycles. The number of para-hydroxylation sites is 1. The van der Waals surface area contributed by atoms with Crippen LogP contribution in [0.4, 0.5) is 5.69 Å². The Hall–Kier alpha value is -3.12. The molecule has 6 nitrogen and oxygen atoms in total. The Bertz CT molecular complexity index is 1180. The van der Waals surface area contributed by atoms with Gasteiger partial charge >= 0.3 is 0 Å². The highest BCUT2D eigenvalue weighted by Crippen LogP contribution is 2.40. The van der Waals surface area contributed by atoms with Gasteiger partial charge in [-0.15, -0.1) is 0 Å².